The highest BCUT2D eigenvalue weighted by Gasteiger charge is 1.96. The zero-order valence-electron chi connectivity index (χ0n) is 9.64. The molecular weight excluding hydrogens is 190 g/mol. The molecule has 0 aliphatic carbocycles. The first-order chi connectivity index (χ1) is 7.35. The zero-order chi connectivity index (χ0) is 11.4. The molecule has 0 amide bonds. The van der Waals surface area contributed by atoms with Crippen LogP contribution in [0.3, 0.4) is 0 Å². The molecule has 0 aromatic rings. The fraction of sp³-hybridized carbons (Fsp3) is 0.667. The van der Waals surface area contributed by atoms with Gasteiger partial charge in [0.25, 0.3) is 0 Å². The van der Waals surface area contributed by atoms with Crippen molar-refractivity contribution in [2.24, 2.45) is 0 Å². The van der Waals surface area contributed by atoms with Crippen molar-refractivity contribution in [2.75, 3.05) is 39.6 Å². The van der Waals surface area contributed by atoms with Gasteiger partial charge in [-0.25, -0.2) is 0 Å². The van der Waals surface area contributed by atoms with Crippen molar-refractivity contribution in [1.82, 2.24) is 0 Å². The van der Waals surface area contributed by atoms with Crippen LogP contribution in [0.1, 0.15) is 13.8 Å². The molecule has 0 spiro atoms. The first kappa shape index (κ1) is 14.0. The Morgan fingerprint density at radius 2 is 1.73 bits per heavy atom. The summed E-state index contributed by atoms with van der Waals surface area (Å²) < 4.78 is 10.0. The van der Waals surface area contributed by atoms with Crippen LogP contribution in [0.5, 0.6) is 0 Å². The summed E-state index contributed by atoms with van der Waals surface area (Å²) in [4.78, 5) is 1.48. The second-order valence-corrected chi connectivity index (χ2v) is 3.01. The van der Waals surface area contributed by atoms with Gasteiger partial charge in [-0.1, -0.05) is 11.8 Å². The van der Waals surface area contributed by atoms with Crippen molar-refractivity contribution in [3.63, 3.8) is 0 Å². The standard InChI is InChI=1S/C12H19NO2/c1-4-10-14-12-15-11-8-7-9-13(5-2)6-3/h1H,5-6,9-12H2,2-3H3/p+1. The highest BCUT2D eigenvalue weighted by molar-refractivity contribution is 4.98. The summed E-state index contributed by atoms with van der Waals surface area (Å²) in [6.07, 6.45) is 4.99. The number of terminal acetylenes is 1. The predicted octanol–water partition coefficient (Wildman–Crippen LogP) is -0.462. The van der Waals surface area contributed by atoms with Gasteiger partial charge in [-0.3, -0.25) is 0 Å². The molecule has 0 rings (SSSR count). The molecule has 0 saturated heterocycles. The van der Waals surface area contributed by atoms with Crippen LogP contribution < -0.4 is 4.90 Å². The molecule has 3 nitrogen and oxygen atoms in total. The molecule has 15 heavy (non-hydrogen) atoms. The van der Waals surface area contributed by atoms with Gasteiger partial charge < -0.3 is 14.4 Å². The predicted molar refractivity (Wildman–Crippen MR) is 60.3 cm³/mol. The minimum atomic E-state index is 0.219. The van der Waals surface area contributed by atoms with Gasteiger partial charge in [-0.05, 0) is 19.8 Å². The van der Waals surface area contributed by atoms with Gasteiger partial charge in [0.1, 0.15) is 26.6 Å². The number of hydrogen-bond acceptors (Lipinski definition) is 2. The van der Waals surface area contributed by atoms with E-state index in [0.717, 1.165) is 19.6 Å². The number of rotatable bonds is 7. The SMILES string of the molecule is C#CCOCOCC#CC[NH+](CC)CC. The Hall–Kier alpha value is -1.00. The van der Waals surface area contributed by atoms with Crippen LogP contribution in [0.4, 0.5) is 0 Å². The van der Waals surface area contributed by atoms with Crippen molar-refractivity contribution in [2.45, 2.75) is 13.8 Å². The van der Waals surface area contributed by atoms with Crippen molar-refractivity contribution < 1.29 is 14.4 Å². The maximum absolute atomic E-state index is 5.08. The topological polar surface area (TPSA) is 22.9 Å². The normalized spacial score (nSPS) is 9.47. The number of nitrogens with one attached hydrogen (secondary N) is 1. The summed E-state index contributed by atoms with van der Waals surface area (Å²) in [7, 11) is 0. The molecule has 0 unspecified atom stereocenters. The number of quaternary nitrogens is 1. The first-order valence-corrected chi connectivity index (χ1v) is 5.23. The molecule has 0 aromatic carbocycles. The lowest BCUT2D eigenvalue weighted by Gasteiger charge is -2.10. The van der Waals surface area contributed by atoms with Gasteiger partial charge in [0, 0.05) is 0 Å². The highest BCUT2D eigenvalue weighted by atomic mass is 16.7. The second-order valence-electron chi connectivity index (χ2n) is 3.01. The first-order valence-electron chi connectivity index (χ1n) is 5.23. The molecule has 0 heterocycles. The Balaban J connectivity index is 3.35. The highest BCUT2D eigenvalue weighted by Crippen LogP contribution is 1.75. The fourth-order valence-electron chi connectivity index (χ4n) is 0.991. The lowest BCUT2D eigenvalue weighted by atomic mass is 10.4. The minimum Gasteiger partial charge on any atom is -0.343 e. The maximum Gasteiger partial charge on any atom is 0.149 e. The third-order valence-corrected chi connectivity index (χ3v) is 1.99. The summed E-state index contributed by atoms with van der Waals surface area (Å²) in [6.45, 7) is 8.32. The van der Waals surface area contributed by atoms with E-state index < -0.39 is 0 Å². The summed E-state index contributed by atoms with van der Waals surface area (Å²) >= 11 is 0. The Kier molecular flexibility index (Phi) is 10.3. The summed E-state index contributed by atoms with van der Waals surface area (Å²) in [6, 6.07) is 0. The van der Waals surface area contributed by atoms with Crippen LogP contribution >= 0.6 is 0 Å². The summed E-state index contributed by atoms with van der Waals surface area (Å²) in [5.41, 5.74) is 0. The third kappa shape index (κ3) is 9.31. The minimum absolute atomic E-state index is 0.219. The smallest absolute Gasteiger partial charge is 0.149 e. The van der Waals surface area contributed by atoms with Gasteiger partial charge in [0.15, 0.2) is 0 Å². The molecule has 0 aliphatic heterocycles. The lowest BCUT2D eigenvalue weighted by molar-refractivity contribution is -0.889. The second kappa shape index (κ2) is 11.1. The summed E-state index contributed by atoms with van der Waals surface area (Å²) in [5, 5.41) is 0. The maximum atomic E-state index is 5.08. The molecular formula is C12H20NO2+. The van der Waals surface area contributed by atoms with Crippen molar-refractivity contribution in [3.8, 4) is 24.2 Å². The molecule has 0 atom stereocenters. The molecule has 0 aromatic heterocycles. The van der Waals surface area contributed by atoms with Crippen LogP contribution in [0, 0.1) is 24.2 Å². The Bertz CT molecular complexity index is 230. The van der Waals surface area contributed by atoms with Crippen LogP contribution in [-0.2, 0) is 9.47 Å². The third-order valence-electron chi connectivity index (χ3n) is 1.99. The van der Waals surface area contributed by atoms with Gasteiger partial charge >= 0.3 is 0 Å². The van der Waals surface area contributed by atoms with E-state index in [4.69, 9.17) is 15.9 Å². The van der Waals surface area contributed by atoms with E-state index in [1.807, 2.05) is 0 Å². The van der Waals surface area contributed by atoms with Gasteiger partial charge in [0.05, 0.1) is 13.1 Å². The van der Waals surface area contributed by atoms with Crippen molar-refractivity contribution in [3.05, 3.63) is 0 Å². The van der Waals surface area contributed by atoms with Crippen molar-refractivity contribution in [1.29, 1.82) is 0 Å². The van der Waals surface area contributed by atoms with Crippen LogP contribution in [0.2, 0.25) is 0 Å². The molecule has 1 N–H and O–H groups in total. The average molecular weight is 210 g/mol. The largest absolute Gasteiger partial charge is 0.343 e. The van der Waals surface area contributed by atoms with E-state index in [1.54, 1.807) is 0 Å². The summed E-state index contributed by atoms with van der Waals surface area (Å²) in [5.74, 6) is 8.37. The molecule has 0 saturated carbocycles. The Morgan fingerprint density at radius 3 is 2.33 bits per heavy atom. The van der Waals surface area contributed by atoms with Crippen LogP contribution in [-0.4, -0.2) is 39.6 Å². The van der Waals surface area contributed by atoms with E-state index in [1.165, 1.54) is 4.90 Å². The Labute approximate surface area is 92.7 Å². The lowest BCUT2D eigenvalue weighted by Crippen LogP contribution is -3.11. The van der Waals surface area contributed by atoms with Crippen molar-refractivity contribution >= 4 is 0 Å². The van der Waals surface area contributed by atoms with E-state index in [2.05, 4.69) is 31.6 Å². The van der Waals surface area contributed by atoms with Gasteiger partial charge in [-0.15, -0.1) is 6.42 Å². The van der Waals surface area contributed by atoms with E-state index in [-0.39, 0.29) is 13.4 Å². The van der Waals surface area contributed by atoms with E-state index >= 15 is 0 Å². The molecule has 0 aliphatic rings. The average Bonchev–Trinajstić information content (AvgIpc) is 2.27. The van der Waals surface area contributed by atoms with Crippen LogP contribution in [0.15, 0.2) is 0 Å². The molecule has 84 valence electrons. The zero-order valence-corrected chi connectivity index (χ0v) is 9.64. The van der Waals surface area contributed by atoms with E-state index in [0.29, 0.717) is 6.61 Å². The fourth-order valence-corrected chi connectivity index (χ4v) is 0.991. The quantitative estimate of drug-likeness (QED) is 0.349. The number of hydrogen-bond donors (Lipinski definition) is 1. The molecule has 0 fully saturated rings. The monoisotopic (exact) mass is 210 g/mol. The number of ether oxygens (including phenoxy) is 2. The van der Waals surface area contributed by atoms with Gasteiger partial charge in [-0.2, -0.15) is 0 Å². The van der Waals surface area contributed by atoms with Crippen LogP contribution in [0.25, 0.3) is 0 Å². The Morgan fingerprint density at radius 1 is 1.07 bits per heavy atom. The molecule has 3 heteroatoms. The van der Waals surface area contributed by atoms with Gasteiger partial charge in [0.2, 0.25) is 0 Å². The molecule has 0 bridgehead atoms. The van der Waals surface area contributed by atoms with E-state index in [9.17, 15) is 0 Å². The molecule has 0 radical (unpaired) electrons.